The van der Waals surface area contributed by atoms with Crippen molar-refractivity contribution in [2.75, 3.05) is 31.1 Å². The van der Waals surface area contributed by atoms with E-state index in [-0.39, 0.29) is 18.7 Å². The van der Waals surface area contributed by atoms with Gasteiger partial charge in [0.25, 0.3) is 0 Å². The Balaban J connectivity index is 1.46. The number of hydrogen-bond donors (Lipinski definition) is 2. The van der Waals surface area contributed by atoms with Gasteiger partial charge in [-0.3, -0.25) is 0 Å². The first kappa shape index (κ1) is 18.0. The molecule has 0 radical (unpaired) electrons. The van der Waals surface area contributed by atoms with E-state index in [4.69, 9.17) is 5.11 Å². The highest BCUT2D eigenvalue weighted by Crippen LogP contribution is 2.27. The topological polar surface area (TPSA) is 68.7 Å². The summed E-state index contributed by atoms with van der Waals surface area (Å²) < 4.78 is 0. The first-order chi connectivity index (χ1) is 12.2. The first-order valence-corrected chi connectivity index (χ1v) is 9.53. The maximum absolute atomic E-state index is 12.6. The lowest BCUT2D eigenvalue weighted by Crippen LogP contribution is -2.50. The molecular weight excluding hydrogens is 316 g/mol. The van der Waals surface area contributed by atoms with Crippen molar-refractivity contribution in [3.8, 4) is 0 Å². The van der Waals surface area contributed by atoms with Gasteiger partial charge in [0.1, 0.15) is 5.82 Å². The van der Waals surface area contributed by atoms with Crippen LogP contribution in [0.15, 0.2) is 18.3 Å². The van der Waals surface area contributed by atoms with Crippen LogP contribution >= 0.6 is 0 Å². The molecule has 0 aromatic carbocycles. The number of aliphatic hydroxyl groups is 1. The summed E-state index contributed by atoms with van der Waals surface area (Å²) in [5.41, 5.74) is 1.17. The van der Waals surface area contributed by atoms with E-state index >= 15 is 0 Å². The van der Waals surface area contributed by atoms with Gasteiger partial charge in [-0.1, -0.05) is 6.07 Å². The summed E-state index contributed by atoms with van der Waals surface area (Å²) >= 11 is 0. The van der Waals surface area contributed by atoms with Crippen molar-refractivity contribution in [2.24, 2.45) is 0 Å². The Morgan fingerprint density at radius 3 is 2.64 bits per heavy atom. The molecule has 0 bridgehead atoms. The lowest BCUT2D eigenvalue weighted by atomic mass is 10.1. The molecule has 2 fully saturated rings. The van der Waals surface area contributed by atoms with Crippen LogP contribution in [0.2, 0.25) is 0 Å². The van der Waals surface area contributed by atoms with Crippen LogP contribution in [0.1, 0.15) is 44.1 Å². The number of rotatable bonds is 7. The number of urea groups is 1. The molecule has 1 saturated heterocycles. The number of amides is 2. The van der Waals surface area contributed by atoms with Crippen molar-refractivity contribution in [3.63, 3.8) is 0 Å². The zero-order valence-corrected chi connectivity index (χ0v) is 15.2. The maximum atomic E-state index is 12.6. The minimum atomic E-state index is 0.0763. The Bertz CT molecular complexity index is 551. The molecule has 25 heavy (non-hydrogen) atoms. The van der Waals surface area contributed by atoms with Crippen molar-refractivity contribution < 1.29 is 9.90 Å². The van der Waals surface area contributed by atoms with Gasteiger partial charge in [0, 0.05) is 44.5 Å². The van der Waals surface area contributed by atoms with Crippen LogP contribution in [0.4, 0.5) is 10.6 Å². The Kier molecular flexibility index (Phi) is 6.13. The van der Waals surface area contributed by atoms with E-state index in [1.165, 1.54) is 5.56 Å². The van der Waals surface area contributed by atoms with Gasteiger partial charge in [0.15, 0.2) is 0 Å². The van der Waals surface area contributed by atoms with Crippen molar-refractivity contribution in [1.29, 1.82) is 0 Å². The van der Waals surface area contributed by atoms with Crippen LogP contribution in [0.25, 0.3) is 0 Å². The third-order valence-corrected chi connectivity index (χ3v) is 5.10. The number of piperidine rings is 1. The number of anilines is 1. The van der Waals surface area contributed by atoms with Crippen LogP contribution in [-0.4, -0.2) is 59.3 Å². The fourth-order valence-corrected chi connectivity index (χ4v) is 3.39. The summed E-state index contributed by atoms with van der Waals surface area (Å²) in [6, 6.07) is 4.90. The van der Waals surface area contributed by atoms with Gasteiger partial charge in [-0.25, -0.2) is 9.78 Å². The molecule has 2 amide bonds. The number of nitrogens with zero attached hydrogens (tertiary/aromatic N) is 3. The van der Waals surface area contributed by atoms with Crippen molar-refractivity contribution in [1.82, 2.24) is 15.2 Å². The molecule has 6 nitrogen and oxygen atoms in total. The van der Waals surface area contributed by atoms with Gasteiger partial charge in [0.2, 0.25) is 0 Å². The minimum Gasteiger partial charge on any atom is -0.396 e. The molecule has 1 saturated carbocycles. The van der Waals surface area contributed by atoms with Gasteiger partial charge in [-0.05, 0) is 57.1 Å². The average Bonchev–Trinajstić information content (AvgIpc) is 3.45. The van der Waals surface area contributed by atoms with Gasteiger partial charge in [0.05, 0.1) is 0 Å². The number of carbonyl (C=O) groups is 1. The van der Waals surface area contributed by atoms with E-state index in [0.717, 1.165) is 64.0 Å². The Morgan fingerprint density at radius 1 is 1.28 bits per heavy atom. The number of aliphatic hydroxyl groups excluding tert-OH is 1. The monoisotopic (exact) mass is 346 g/mol. The Labute approximate surface area is 150 Å². The van der Waals surface area contributed by atoms with E-state index in [2.05, 4.69) is 27.3 Å². The Hall–Kier alpha value is -1.82. The lowest BCUT2D eigenvalue weighted by Gasteiger charge is -2.34. The molecule has 6 heteroatoms. The van der Waals surface area contributed by atoms with Crippen LogP contribution in [-0.2, 0) is 0 Å². The molecular formula is C19H30N4O2. The van der Waals surface area contributed by atoms with Gasteiger partial charge < -0.3 is 20.2 Å². The normalized spacial score (nSPS) is 18.2. The molecule has 0 atom stereocenters. The quantitative estimate of drug-likeness (QED) is 0.744. The van der Waals surface area contributed by atoms with E-state index in [0.29, 0.717) is 6.04 Å². The third-order valence-electron chi connectivity index (χ3n) is 5.10. The third kappa shape index (κ3) is 5.08. The zero-order chi connectivity index (χ0) is 17.6. The predicted octanol–water partition coefficient (Wildman–Crippen LogP) is 2.31. The van der Waals surface area contributed by atoms with E-state index in [1.54, 1.807) is 0 Å². The molecule has 1 aromatic rings. The number of aryl methyl sites for hydroxylation is 1. The molecule has 138 valence electrons. The lowest BCUT2D eigenvalue weighted by molar-refractivity contribution is 0.184. The maximum Gasteiger partial charge on any atom is 0.317 e. The summed E-state index contributed by atoms with van der Waals surface area (Å²) in [5.74, 6) is 1.03. The molecule has 0 unspecified atom stereocenters. The molecule has 0 spiro atoms. The van der Waals surface area contributed by atoms with E-state index in [1.807, 2.05) is 18.0 Å². The molecule has 2 aliphatic rings. The molecule has 2 N–H and O–H groups in total. The van der Waals surface area contributed by atoms with Crippen molar-refractivity contribution >= 4 is 11.8 Å². The second kappa shape index (κ2) is 8.52. The van der Waals surface area contributed by atoms with Gasteiger partial charge in [-0.2, -0.15) is 0 Å². The van der Waals surface area contributed by atoms with Crippen molar-refractivity contribution in [3.05, 3.63) is 23.9 Å². The number of unbranched alkanes of at least 4 members (excludes halogenated alkanes) is 1. The predicted molar refractivity (Wildman–Crippen MR) is 98.8 cm³/mol. The van der Waals surface area contributed by atoms with E-state index in [9.17, 15) is 4.79 Å². The minimum absolute atomic E-state index is 0.0763. The highest BCUT2D eigenvalue weighted by atomic mass is 16.3. The number of hydrogen-bond acceptors (Lipinski definition) is 4. The van der Waals surface area contributed by atoms with Gasteiger partial charge >= 0.3 is 6.03 Å². The number of pyridine rings is 1. The zero-order valence-electron chi connectivity index (χ0n) is 15.2. The summed E-state index contributed by atoms with van der Waals surface area (Å²) in [6.07, 6.45) is 7.68. The van der Waals surface area contributed by atoms with Crippen LogP contribution in [0.3, 0.4) is 0 Å². The average molecular weight is 346 g/mol. The molecule has 1 aliphatic heterocycles. The molecule has 2 heterocycles. The van der Waals surface area contributed by atoms with E-state index < -0.39 is 0 Å². The highest BCUT2D eigenvalue weighted by molar-refractivity contribution is 5.75. The van der Waals surface area contributed by atoms with Gasteiger partial charge in [-0.15, -0.1) is 0 Å². The number of carbonyl (C=O) groups excluding carboxylic acids is 1. The summed E-state index contributed by atoms with van der Waals surface area (Å²) in [5, 5.41) is 12.2. The number of aromatic nitrogens is 1. The largest absolute Gasteiger partial charge is 0.396 e. The molecule has 1 aromatic heterocycles. The van der Waals surface area contributed by atoms with Crippen molar-refractivity contribution in [2.45, 2.75) is 57.5 Å². The molecule has 3 rings (SSSR count). The second-order valence-corrected chi connectivity index (χ2v) is 7.26. The van der Waals surface area contributed by atoms with Crippen LogP contribution in [0.5, 0.6) is 0 Å². The Morgan fingerprint density at radius 2 is 2.04 bits per heavy atom. The standard InChI is InChI=1S/C19H30N4O2/c1-15-4-7-18(20-14-15)22-11-8-16(9-12-22)21-19(25)23(17-5-6-17)10-2-3-13-24/h4,7,14,16-17,24H,2-3,5-6,8-13H2,1H3,(H,21,25). The fourth-order valence-electron chi connectivity index (χ4n) is 3.39. The number of nitrogens with one attached hydrogen (secondary N) is 1. The SMILES string of the molecule is Cc1ccc(N2CCC(NC(=O)N(CCCCO)C3CC3)CC2)nc1. The summed E-state index contributed by atoms with van der Waals surface area (Å²) in [4.78, 5) is 21.4. The first-order valence-electron chi connectivity index (χ1n) is 9.53. The summed E-state index contributed by atoms with van der Waals surface area (Å²) in [6.45, 7) is 4.85. The van der Waals surface area contributed by atoms with Crippen LogP contribution in [0, 0.1) is 6.92 Å². The summed E-state index contributed by atoms with van der Waals surface area (Å²) in [7, 11) is 0. The molecule has 1 aliphatic carbocycles. The van der Waals surface area contributed by atoms with Crippen LogP contribution < -0.4 is 10.2 Å². The second-order valence-electron chi connectivity index (χ2n) is 7.26. The highest BCUT2D eigenvalue weighted by Gasteiger charge is 2.33. The smallest absolute Gasteiger partial charge is 0.317 e. The fraction of sp³-hybridized carbons (Fsp3) is 0.684.